The Balaban J connectivity index is 1.75. The molecule has 0 spiro atoms. The molecule has 0 aliphatic carbocycles. The average molecular weight is 284 g/mol. The van der Waals surface area contributed by atoms with Crippen LogP contribution in [0, 0.1) is 6.92 Å². The average Bonchev–Trinajstić information content (AvgIpc) is 3.08. The molecule has 4 heteroatoms. The van der Waals surface area contributed by atoms with Crippen LogP contribution in [0.1, 0.15) is 37.1 Å². The molecule has 21 heavy (non-hydrogen) atoms. The summed E-state index contributed by atoms with van der Waals surface area (Å²) in [5.74, 6) is 0. The topological polar surface area (TPSA) is 33.1 Å². The summed E-state index contributed by atoms with van der Waals surface area (Å²) in [6, 6.07) is 9.00. The van der Waals surface area contributed by atoms with Crippen LogP contribution in [-0.4, -0.2) is 22.9 Å². The standard InChI is InChI=1S/C17H24N4/c1-13(17-12-20(3)19-14(17)2)18-15-7-6-8-16(11-15)21-9-4-5-10-21/h6-8,11-13,18H,4-5,9-10H2,1-3H3. The lowest BCUT2D eigenvalue weighted by Crippen LogP contribution is -2.17. The zero-order valence-corrected chi connectivity index (χ0v) is 13.1. The first-order chi connectivity index (χ1) is 10.1. The van der Waals surface area contributed by atoms with Crippen LogP contribution in [0.3, 0.4) is 0 Å². The van der Waals surface area contributed by atoms with Crippen LogP contribution < -0.4 is 10.2 Å². The second kappa shape index (κ2) is 5.80. The molecule has 2 heterocycles. The van der Waals surface area contributed by atoms with E-state index in [9.17, 15) is 0 Å². The van der Waals surface area contributed by atoms with Gasteiger partial charge in [-0.05, 0) is 44.9 Å². The van der Waals surface area contributed by atoms with Crippen molar-refractivity contribution in [3.8, 4) is 0 Å². The van der Waals surface area contributed by atoms with Crippen molar-refractivity contribution in [1.82, 2.24) is 9.78 Å². The number of nitrogens with zero attached hydrogens (tertiary/aromatic N) is 3. The van der Waals surface area contributed by atoms with Crippen molar-refractivity contribution in [3.63, 3.8) is 0 Å². The maximum absolute atomic E-state index is 4.42. The number of hydrogen-bond acceptors (Lipinski definition) is 3. The van der Waals surface area contributed by atoms with Gasteiger partial charge in [0, 0.05) is 43.3 Å². The molecule has 0 saturated carbocycles. The lowest BCUT2D eigenvalue weighted by Gasteiger charge is -2.20. The Labute approximate surface area is 126 Å². The molecule has 4 nitrogen and oxygen atoms in total. The van der Waals surface area contributed by atoms with Gasteiger partial charge in [-0.15, -0.1) is 0 Å². The number of benzene rings is 1. The van der Waals surface area contributed by atoms with E-state index in [0.717, 1.165) is 5.69 Å². The number of hydrogen-bond donors (Lipinski definition) is 1. The molecule has 1 aliphatic rings. The Morgan fingerprint density at radius 2 is 2.00 bits per heavy atom. The van der Waals surface area contributed by atoms with Crippen molar-refractivity contribution >= 4 is 11.4 Å². The number of aryl methyl sites for hydroxylation is 2. The molecule has 1 aromatic carbocycles. The van der Waals surface area contributed by atoms with E-state index in [2.05, 4.69) is 59.6 Å². The highest BCUT2D eigenvalue weighted by Gasteiger charge is 2.14. The Hall–Kier alpha value is -1.97. The molecule has 1 aliphatic heterocycles. The number of aromatic nitrogens is 2. The third-order valence-electron chi connectivity index (χ3n) is 4.22. The molecule has 2 aromatic rings. The SMILES string of the molecule is Cc1nn(C)cc1C(C)Nc1cccc(N2CCCC2)c1. The van der Waals surface area contributed by atoms with E-state index in [0.29, 0.717) is 0 Å². The first kappa shape index (κ1) is 14.0. The minimum Gasteiger partial charge on any atom is -0.378 e. The molecule has 3 rings (SSSR count). The van der Waals surface area contributed by atoms with E-state index in [1.807, 2.05) is 11.7 Å². The van der Waals surface area contributed by atoms with Crippen molar-refractivity contribution in [3.05, 3.63) is 41.7 Å². The lowest BCUT2D eigenvalue weighted by molar-refractivity contribution is 0.756. The van der Waals surface area contributed by atoms with Gasteiger partial charge in [0.15, 0.2) is 0 Å². The fourth-order valence-corrected chi connectivity index (χ4v) is 3.14. The third kappa shape index (κ3) is 3.04. The second-order valence-corrected chi connectivity index (χ2v) is 5.95. The van der Waals surface area contributed by atoms with E-state index in [1.54, 1.807) is 0 Å². The highest BCUT2D eigenvalue weighted by molar-refractivity contribution is 5.59. The maximum atomic E-state index is 4.42. The first-order valence-electron chi connectivity index (χ1n) is 7.75. The molecule has 1 saturated heterocycles. The van der Waals surface area contributed by atoms with Crippen LogP contribution in [0.2, 0.25) is 0 Å². The normalized spacial score (nSPS) is 16.2. The Bertz CT molecular complexity index is 611. The monoisotopic (exact) mass is 284 g/mol. The molecule has 0 radical (unpaired) electrons. The van der Waals surface area contributed by atoms with Gasteiger partial charge in [-0.1, -0.05) is 6.07 Å². The van der Waals surface area contributed by atoms with Gasteiger partial charge in [0.05, 0.1) is 11.7 Å². The first-order valence-corrected chi connectivity index (χ1v) is 7.75. The van der Waals surface area contributed by atoms with Gasteiger partial charge in [-0.3, -0.25) is 4.68 Å². The Kier molecular flexibility index (Phi) is 3.86. The Morgan fingerprint density at radius 3 is 2.67 bits per heavy atom. The summed E-state index contributed by atoms with van der Waals surface area (Å²) in [4.78, 5) is 2.46. The summed E-state index contributed by atoms with van der Waals surface area (Å²) < 4.78 is 1.88. The molecule has 1 fully saturated rings. The van der Waals surface area contributed by atoms with Gasteiger partial charge in [0.25, 0.3) is 0 Å². The number of nitrogens with one attached hydrogen (secondary N) is 1. The van der Waals surface area contributed by atoms with E-state index < -0.39 is 0 Å². The predicted octanol–water partition coefficient (Wildman–Crippen LogP) is 3.50. The third-order valence-corrected chi connectivity index (χ3v) is 4.22. The molecule has 1 aromatic heterocycles. The summed E-state index contributed by atoms with van der Waals surface area (Å²) in [7, 11) is 1.97. The molecule has 112 valence electrons. The van der Waals surface area contributed by atoms with Crippen LogP contribution in [0.4, 0.5) is 11.4 Å². The fourth-order valence-electron chi connectivity index (χ4n) is 3.14. The van der Waals surface area contributed by atoms with Crippen molar-refractivity contribution in [2.45, 2.75) is 32.7 Å². The van der Waals surface area contributed by atoms with Gasteiger partial charge < -0.3 is 10.2 Å². The molecular weight excluding hydrogens is 260 g/mol. The van der Waals surface area contributed by atoms with Gasteiger partial charge in [0.2, 0.25) is 0 Å². The molecule has 1 unspecified atom stereocenters. The van der Waals surface area contributed by atoms with E-state index >= 15 is 0 Å². The van der Waals surface area contributed by atoms with Crippen molar-refractivity contribution in [2.24, 2.45) is 7.05 Å². The van der Waals surface area contributed by atoms with Gasteiger partial charge >= 0.3 is 0 Å². The zero-order chi connectivity index (χ0) is 14.8. The van der Waals surface area contributed by atoms with Crippen LogP contribution in [0.15, 0.2) is 30.5 Å². The van der Waals surface area contributed by atoms with Crippen LogP contribution >= 0.6 is 0 Å². The molecule has 1 N–H and O–H groups in total. The summed E-state index contributed by atoms with van der Waals surface area (Å²) in [6.45, 7) is 6.61. The largest absolute Gasteiger partial charge is 0.378 e. The van der Waals surface area contributed by atoms with E-state index in [4.69, 9.17) is 0 Å². The smallest absolute Gasteiger partial charge is 0.0646 e. The van der Waals surface area contributed by atoms with Crippen molar-refractivity contribution in [2.75, 3.05) is 23.3 Å². The van der Waals surface area contributed by atoms with Gasteiger partial charge in [-0.2, -0.15) is 5.10 Å². The minimum absolute atomic E-state index is 0.257. The van der Waals surface area contributed by atoms with Crippen molar-refractivity contribution < 1.29 is 0 Å². The van der Waals surface area contributed by atoms with Gasteiger partial charge in [-0.25, -0.2) is 0 Å². The van der Waals surface area contributed by atoms with Gasteiger partial charge in [0.1, 0.15) is 0 Å². The van der Waals surface area contributed by atoms with Crippen LogP contribution in [-0.2, 0) is 7.05 Å². The number of anilines is 2. The van der Waals surface area contributed by atoms with Crippen LogP contribution in [0.5, 0.6) is 0 Å². The zero-order valence-electron chi connectivity index (χ0n) is 13.1. The summed E-state index contributed by atoms with van der Waals surface area (Å²) in [5, 5.41) is 8.02. The quantitative estimate of drug-likeness (QED) is 0.933. The maximum Gasteiger partial charge on any atom is 0.0646 e. The number of rotatable bonds is 4. The highest BCUT2D eigenvalue weighted by atomic mass is 15.3. The molecule has 0 bridgehead atoms. The van der Waals surface area contributed by atoms with Crippen LogP contribution in [0.25, 0.3) is 0 Å². The van der Waals surface area contributed by atoms with E-state index in [-0.39, 0.29) is 6.04 Å². The Morgan fingerprint density at radius 1 is 1.24 bits per heavy atom. The van der Waals surface area contributed by atoms with Crippen molar-refractivity contribution in [1.29, 1.82) is 0 Å². The molecular formula is C17H24N4. The predicted molar refractivity (Wildman–Crippen MR) is 87.9 cm³/mol. The lowest BCUT2D eigenvalue weighted by atomic mass is 10.1. The molecule has 0 amide bonds. The molecule has 1 atom stereocenters. The summed E-state index contributed by atoms with van der Waals surface area (Å²) >= 11 is 0. The minimum atomic E-state index is 0.257. The second-order valence-electron chi connectivity index (χ2n) is 5.95. The summed E-state index contributed by atoms with van der Waals surface area (Å²) in [5.41, 5.74) is 4.85. The highest BCUT2D eigenvalue weighted by Crippen LogP contribution is 2.26. The fraction of sp³-hybridized carbons (Fsp3) is 0.471. The summed E-state index contributed by atoms with van der Waals surface area (Å²) in [6.07, 6.45) is 4.71. The van der Waals surface area contributed by atoms with E-state index in [1.165, 1.54) is 42.9 Å².